The summed E-state index contributed by atoms with van der Waals surface area (Å²) in [5.41, 5.74) is 3.75. The van der Waals surface area contributed by atoms with E-state index >= 15 is 0 Å². The van der Waals surface area contributed by atoms with Crippen LogP contribution in [-0.2, 0) is 16.0 Å². The summed E-state index contributed by atoms with van der Waals surface area (Å²) < 4.78 is 11.7. The molecule has 0 bridgehead atoms. The Morgan fingerprint density at radius 2 is 1.90 bits per heavy atom. The van der Waals surface area contributed by atoms with Crippen molar-refractivity contribution in [2.24, 2.45) is 0 Å². The summed E-state index contributed by atoms with van der Waals surface area (Å²) in [7, 11) is 1.31. The number of carbonyl (C=O) groups is 2. The number of methoxy groups -OCH3 is 1. The number of nitrogens with one attached hydrogen (secondary N) is 1. The molecule has 0 fully saturated rings. The quantitative estimate of drug-likeness (QED) is 0.621. The normalized spacial score (nSPS) is 10.4. The number of hydrogen-bond donors (Lipinski definition) is 1. The Balaban J connectivity index is 1.77. The van der Waals surface area contributed by atoms with Gasteiger partial charge in [-0.15, -0.1) is 0 Å². The molecule has 2 aromatic carbocycles. The van der Waals surface area contributed by atoms with Gasteiger partial charge in [0, 0.05) is 5.69 Å². The Labute approximate surface area is 169 Å². The minimum absolute atomic E-state index is 0.166. The summed E-state index contributed by atoms with van der Waals surface area (Å²) in [5, 5.41) is 7.33. The first-order valence-electron chi connectivity index (χ1n) is 9.27. The zero-order valence-electron chi connectivity index (χ0n) is 16.6. The van der Waals surface area contributed by atoms with E-state index in [2.05, 4.69) is 15.2 Å². The largest absolute Gasteiger partial charge is 0.482 e. The van der Waals surface area contributed by atoms with Crippen LogP contribution < -0.4 is 10.1 Å². The van der Waals surface area contributed by atoms with Crippen molar-refractivity contribution in [3.8, 4) is 11.4 Å². The van der Waals surface area contributed by atoms with Crippen molar-refractivity contribution in [3.05, 3.63) is 71.5 Å². The van der Waals surface area contributed by atoms with Crippen LogP contribution in [0.2, 0.25) is 0 Å². The molecule has 3 aromatic rings. The molecule has 0 spiro atoms. The molecule has 1 aromatic heterocycles. The SMILES string of the molecule is CCc1c(C(=O)Nc2ccc(OCC(=O)OC)cc2C)cnn1-c1ccccc1. The maximum atomic E-state index is 12.9. The number of nitrogens with zero attached hydrogens (tertiary/aromatic N) is 2. The third kappa shape index (κ3) is 4.63. The van der Waals surface area contributed by atoms with E-state index < -0.39 is 5.97 Å². The molecule has 29 heavy (non-hydrogen) atoms. The van der Waals surface area contributed by atoms with Gasteiger partial charge in [0.15, 0.2) is 6.61 Å². The molecule has 150 valence electrons. The van der Waals surface area contributed by atoms with Gasteiger partial charge in [-0.05, 0) is 49.2 Å². The van der Waals surface area contributed by atoms with Crippen molar-refractivity contribution in [3.63, 3.8) is 0 Å². The number of esters is 1. The molecule has 0 aliphatic rings. The second kappa shape index (κ2) is 9.05. The molecule has 0 aliphatic heterocycles. The fourth-order valence-electron chi connectivity index (χ4n) is 2.95. The van der Waals surface area contributed by atoms with Crippen molar-refractivity contribution < 1.29 is 19.1 Å². The Hall–Kier alpha value is -3.61. The van der Waals surface area contributed by atoms with Crippen molar-refractivity contribution >= 4 is 17.6 Å². The maximum Gasteiger partial charge on any atom is 0.343 e. The summed E-state index contributed by atoms with van der Waals surface area (Å²) >= 11 is 0. The van der Waals surface area contributed by atoms with Gasteiger partial charge >= 0.3 is 5.97 Å². The van der Waals surface area contributed by atoms with Crippen LogP contribution in [0.1, 0.15) is 28.5 Å². The van der Waals surface area contributed by atoms with E-state index in [-0.39, 0.29) is 12.5 Å². The molecular formula is C22H23N3O4. The van der Waals surface area contributed by atoms with Crippen molar-refractivity contribution in [2.45, 2.75) is 20.3 Å². The number of hydrogen-bond acceptors (Lipinski definition) is 5. The second-order valence-electron chi connectivity index (χ2n) is 6.40. The maximum absolute atomic E-state index is 12.9. The number of anilines is 1. The van der Waals surface area contributed by atoms with E-state index in [0.29, 0.717) is 23.4 Å². The zero-order valence-corrected chi connectivity index (χ0v) is 16.6. The molecule has 0 radical (unpaired) electrons. The molecule has 0 atom stereocenters. The Morgan fingerprint density at radius 3 is 2.55 bits per heavy atom. The van der Waals surface area contributed by atoms with Gasteiger partial charge in [0.25, 0.3) is 5.91 Å². The molecule has 1 N–H and O–H groups in total. The molecule has 0 saturated carbocycles. The first-order chi connectivity index (χ1) is 14.0. The molecule has 7 nitrogen and oxygen atoms in total. The Kier molecular flexibility index (Phi) is 6.29. The van der Waals surface area contributed by atoms with Gasteiger partial charge in [-0.3, -0.25) is 4.79 Å². The number of benzene rings is 2. The van der Waals surface area contributed by atoms with Gasteiger partial charge < -0.3 is 14.8 Å². The Bertz CT molecular complexity index is 1010. The lowest BCUT2D eigenvalue weighted by Gasteiger charge is -2.12. The number of para-hydroxylation sites is 1. The van der Waals surface area contributed by atoms with Crippen molar-refractivity contribution in [2.75, 3.05) is 19.0 Å². The number of ether oxygens (including phenoxy) is 2. The average Bonchev–Trinajstić information content (AvgIpc) is 3.18. The first kappa shape index (κ1) is 20.1. The molecule has 1 heterocycles. The topological polar surface area (TPSA) is 82.4 Å². The molecule has 0 aliphatic carbocycles. The minimum atomic E-state index is -0.456. The van der Waals surface area contributed by atoms with Crippen molar-refractivity contribution in [1.82, 2.24) is 9.78 Å². The molecule has 0 saturated heterocycles. The van der Waals surface area contributed by atoms with Crippen LogP contribution in [-0.4, -0.2) is 35.4 Å². The molecule has 1 amide bonds. The molecule has 7 heteroatoms. The van der Waals surface area contributed by atoms with Gasteiger partial charge in [-0.1, -0.05) is 25.1 Å². The van der Waals surface area contributed by atoms with Gasteiger partial charge in [-0.2, -0.15) is 5.10 Å². The average molecular weight is 393 g/mol. The third-order valence-corrected chi connectivity index (χ3v) is 4.48. The fraction of sp³-hybridized carbons (Fsp3) is 0.227. The number of aryl methyl sites for hydroxylation is 1. The number of rotatable bonds is 7. The lowest BCUT2D eigenvalue weighted by molar-refractivity contribution is -0.142. The second-order valence-corrected chi connectivity index (χ2v) is 6.40. The summed E-state index contributed by atoms with van der Waals surface area (Å²) in [4.78, 5) is 24.1. The summed E-state index contributed by atoms with van der Waals surface area (Å²) in [5.74, 6) is -0.157. The summed E-state index contributed by atoms with van der Waals surface area (Å²) in [6, 6.07) is 14.9. The minimum Gasteiger partial charge on any atom is -0.482 e. The third-order valence-electron chi connectivity index (χ3n) is 4.48. The predicted octanol–water partition coefficient (Wildman–Crippen LogP) is 3.55. The Morgan fingerprint density at radius 1 is 1.14 bits per heavy atom. The highest BCUT2D eigenvalue weighted by atomic mass is 16.6. The highest BCUT2D eigenvalue weighted by Gasteiger charge is 2.18. The van der Waals surface area contributed by atoms with Gasteiger partial charge in [0.2, 0.25) is 0 Å². The van der Waals surface area contributed by atoms with Crippen LogP contribution >= 0.6 is 0 Å². The summed E-state index contributed by atoms with van der Waals surface area (Å²) in [6.07, 6.45) is 2.25. The molecule has 3 rings (SSSR count). The highest BCUT2D eigenvalue weighted by molar-refractivity contribution is 6.05. The number of aromatic nitrogens is 2. The number of carbonyl (C=O) groups excluding carboxylic acids is 2. The van der Waals surface area contributed by atoms with E-state index in [9.17, 15) is 9.59 Å². The summed E-state index contributed by atoms with van der Waals surface area (Å²) in [6.45, 7) is 3.68. The van der Waals surface area contributed by atoms with E-state index in [1.165, 1.54) is 7.11 Å². The highest BCUT2D eigenvalue weighted by Crippen LogP contribution is 2.23. The van der Waals surface area contributed by atoms with Crippen LogP contribution in [0.5, 0.6) is 5.75 Å². The predicted molar refractivity (Wildman–Crippen MR) is 110 cm³/mol. The monoisotopic (exact) mass is 393 g/mol. The van der Waals surface area contributed by atoms with Crippen LogP contribution in [0, 0.1) is 6.92 Å². The van der Waals surface area contributed by atoms with Crippen LogP contribution in [0.4, 0.5) is 5.69 Å². The van der Waals surface area contributed by atoms with Crippen molar-refractivity contribution in [1.29, 1.82) is 0 Å². The lowest BCUT2D eigenvalue weighted by atomic mass is 10.1. The van der Waals surface area contributed by atoms with Gasteiger partial charge in [-0.25, -0.2) is 9.48 Å². The van der Waals surface area contributed by atoms with E-state index in [4.69, 9.17) is 4.74 Å². The molecule has 0 unspecified atom stereocenters. The zero-order chi connectivity index (χ0) is 20.8. The van der Waals surface area contributed by atoms with E-state index in [1.54, 1.807) is 29.1 Å². The smallest absolute Gasteiger partial charge is 0.343 e. The lowest BCUT2D eigenvalue weighted by Crippen LogP contribution is -2.15. The first-order valence-corrected chi connectivity index (χ1v) is 9.27. The van der Waals surface area contributed by atoms with Gasteiger partial charge in [0.05, 0.1) is 30.3 Å². The van der Waals surface area contributed by atoms with Crippen LogP contribution in [0.3, 0.4) is 0 Å². The van der Waals surface area contributed by atoms with Gasteiger partial charge in [0.1, 0.15) is 5.75 Å². The standard InChI is InChI=1S/C22H23N3O4/c1-4-20-18(13-23-25(20)16-8-6-5-7-9-16)22(27)24-19-11-10-17(12-15(19)2)29-14-21(26)28-3/h5-13H,4,14H2,1-3H3,(H,24,27). The fourth-order valence-corrected chi connectivity index (χ4v) is 2.95. The van der Waals surface area contributed by atoms with Crippen LogP contribution in [0.25, 0.3) is 5.69 Å². The molecular weight excluding hydrogens is 370 g/mol. The van der Waals surface area contributed by atoms with E-state index in [0.717, 1.165) is 16.9 Å². The van der Waals surface area contributed by atoms with Crippen LogP contribution in [0.15, 0.2) is 54.7 Å². The number of amides is 1. The van der Waals surface area contributed by atoms with E-state index in [1.807, 2.05) is 44.2 Å².